The van der Waals surface area contributed by atoms with Crippen LogP contribution in [-0.2, 0) is 19.1 Å². The number of alkyl halides is 2. The van der Waals surface area contributed by atoms with Crippen molar-refractivity contribution in [1.29, 1.82) is 0 Å². The summed E-state index contributed by atoms with van der Waals surface area (Å²) in [4.78, 5) is 23.0. The molecule has 2 aliphatic carbocycles. The van der Waals surface area contributed by atoms with Crippen LogP contribution < -0.4 is 0 Å². The van der Waals surface area contributed by atoms with Crippen LogP contribution >= 0.6 is 23.2 Å². The van der Waals surface area contributed by atoms with Crippen LogP contribution in [0.4, 0.5) is 0 Å². The van der Waals surface area contributed by atoms with E-state index in [1.54, 1.807) is 0 Å². The number of ether oxygens (including phenoxy) is 2. The summed E-state index contributed by atoms with van der Waals surface area (Å²) >= 11 is 12.0. The van der Waals surface area contributed by atoms with E-state index in [2.05, 4.69) is 13.2 Å². The van der Waals surface area contributed by atoms with E-state index in [1.807, 2.05) is 0 Å². The summed E-state index contributed by atoms with van der Waals surface area (Å²) in [5, 5.41) is 30.9. The molecule has 3 N–H and O–H groups in total. The van der Waals surface area contributed by atoms with Crippen LogP contribution in [0.5, 0.6) is 0 Å². The van der Waals surface area contributed by atoms with E-state index >= 15 is 0 Å². The number of aliphatic hydroxyl groups is 3. The summed E-state index contributed by atoms with van der Waals surface area (Å²) in [6.45, 7) is 8.48. The zero-order chi connectivity index (χ0) is 21.0. The largest absolute Gasteiger partial charge is 0.460 e. The molecule has 2 saturated carbocycles. The molecule has 156 valence electrons. The smallest absolute Gasteiger partial charge is 0.334 e. The molecule has 3 fully saturated rings. The molecule has 3 rings (SSSR count). The number of carbonyl (C=O) groups excluding carboxylic acids is 2. The molecule has 7 nitrogen and oxygen atoms in total. The van der Waals surface area contributed by atoms with Gasteiger partial charge in [-0.2, -0.15) is 0 Å². The first-order chi connectivity index (χ1) is 13.0. The van der Waals surface area contributed by atoms with Crippen molar-refractivity contribution in [1.82, 2.24) is 0 Å². The van der Waals surface area contributed by atoms with Gasteiger partial charge in [0.25, 0.3) is 0 Å². The lowest BCUT2D eigenvalue weighted by molar-refractivity contribution is -0.158. The Balaban J connectivity index is 2.02. The summed E-state index contributed by atoms with van der Waals surface area (Å²) in [7, 11) is 0. The molecule has 9 heteroatoms. The molecule has 1 saturated heterocycles. The standard InChI is InChI=1S/C19H24Cl2O7/c1-8-4-11(27-17(25)18(3,21)7-22)13-9(2)16(24)28-15(13)14-12(8)10(23)5-19(14,26)6-20/h10-15,22-23,26H,1-2,4-7H2,3H3/t10-,11+,12+,13-,14+,15-,18+,19+/m1/s1. The second kappa shape index (κ2) is 7.29. The highest BCUT2D eigenvalue weighted by atomic mass is 35.5. The lowest BCUT2D eigenvalue weighted by atomic mass is 9.76. The molecule has 0 aromatic heterocycles. The van der Waals surface area contributed by atoms with Crippen LogP contribution in [0.15, 0.2) is 24.3 Å². The molecule has 0 radical (unpaired) electrons. The van der Waals surface area contributed by atoms with Crippen LogP contribution in [0.2, 0.25) is 0 Å². The fourth-order valence-corrected chi connectivity index (χ4v) is 5.01. The predicted molar refractivity (Wildman–Crippen MR) is 101 cm³/mol. The van der Waals surface area contributed by atoms with E-state index in [4.69, 9.17) is 32.7 Å². The third kappa shape index (κ3) is 3.27. The molecule has 0 bridgehead atoms. The average Bonchev–Trinajstić information content (AvgIpc) is 3.02. The molecule has 0 aromatic rings. The van der Waals surface area contributed by atoms with Crippen LogP contribution in [0.25, 0.3) is 0 Å². The van der Waals surface area contributed by atoms with Crippen LogP contribution in [0, 0.1) is 17.8 Å². The fourth-order valence-electron chi connectivity index (χ4n) is 4.68. The van der Waals surface area contributed by atoms with E-state index < -0.39 is 65.1 Å². The van der Waals surface area contributed by atoms with Crippen molar-refractivity contribution in [3.05, 3.63) is 24.3 Å². The number of rotatable bonds is 4. The number of halogens is 2. The Hall–Kier alpha value is -1.12. The van der Waals surface area contributed by atoms with Gasteiger partial charge < -0.3 is 24.8 Å². The maximum Gasteiger partial charge on any atom is 0.334 e. The van der Waals surface area contributed by atoms with Gasteiger partial charge in [0, 0.05) is 30.3 Å². The Morgan fingerprint density at radius 1 is 1.43 bits per heavy atom. The van der Waals surface area contributed by atoms with Gasteiger partial charge >= 0.3 is 11.9 Å². The number of carbonyl (C=O) groups is 2. The van der Waals surface area contributed by atoms with Crippen molar-refractivity contribution in [2.45, 2.75) is 48.6 Å². The van der Waals surface area contributed by atoms with Crippen molar-refractivity contribution in [2.24, 2.45) is 17.8 Å². The van der Waals surface area contributed by atoms with Crippen LogP contribution in [0.3, 0.4) is 0 Å². The Morgan fingerprint density at radius 3 is 2.64 bits per heavy atom. The lowest BCUT2D eigenvalue weighted by Crippen LogP contribution is -2.48. The second-order valence-corrected chi connectivity index (χ2v) is 9.24. The van der Waals surface area contributed by atoms with E-state index in [0.29, 0.717) is 5.57 Å². The molecular weight excluding hydrogens is 411 g/mol. The summed E-state index contributed by atoms with van der Waals surface area (Å²) in [6, 6.07) is 0. The van der Waals surface area contributed by atoms with E-state index in [-0.39, 0.29) is 24.3 Å². The van der Waals surface area contributed by atoms with Crippen molar-refractivity contribution in [3.63, 3.8) is 0 Å². The van der Waals surface area contributed by atoms with Gasteiger partial charge in [0.1, 0.15) is 12.2 Å². The van der Waals surface area contributed by atoms with Crippen LogP contribution in [-0.4, -0.2) is 68.5 Å². The minimum absolute atomic E-state index is 0.0207. The van der Waals surface area contributed by atoms with Gasteiger partial charge in [-0.1, -0.05) is 18.7 Å². The third-order valence-corrected chi connectivity index (χ3v) is 6.88. The van der Waals surface area contributed by atoms with Crippen molar-refractivity contribution >= 4 is 35.1 Å². The molecule has 28 heavy (non-hydrogen) atoms. The SMILES string of the molecule is C=C1C[C@H](OC(=O)[C@@](C)(Cl)CO)[C@H]2C(=C)C(=O)O[C@H]2[C@@H]2[C@@H]1[C@H](O)C[C@]2(O)CCl. The number of aliphatic hydroxyl groups excluding tert-OH is 2. The highest BCUT2D eigenvalue weighted by Gasteiger charge is 2.64. The highest BCUT2D eigenvalue weighted by Crippen LogP contribution is 2.55. The number of hydrogen-bond donors (Lipinski definition) is 3. The normalized spacial score (nSPS) is 42.3. The molecule has 1 heterocycles. The van der Waals surface area contributed by atoms with Gasteiger partial charge in [-0.25, -0.2) is 4.79 Å². The van der Waals surface area contributed by atoms with E-state index in [1.165, 1.54) is 6.92 Å². The summed E-state index contributed by atoms with van der Waals surface area (Å²) < 4.78 is 11.1. The van der Waals surface area contributed by atoms with E-state index in [0.717, 1.165) is 0 Å². The number of esters is 2. The molecule has 0 aromatic carbocycles. The molecular formula is C19H24Cl2O7. The van der Waals surface area contributed by atoms with Gasteiger partial charge in [0.05, 0.1) is 30.1 Å². The Labute approximate surface area is 172 Å². The highest BCUT2D eigenvalue weighted by molar-refractivity contribution is 6.33. The second-order valence-electron chi connectivity index (χ2n) is 8.14. The topological polar surface area (TPSA) is 113 Å². The predicted octanol–water partition coefficient (Wildman–Crippen LogP) is 0.913. The molecule has 0 unspecified atom stereocenters. The van der Waals surface area contributed by atoms with Gasteiger partial charge in [0.15, 0.2) is 4.87 Å². The van der Waals surface area contributed by atoms with Gasteiger partial charge in [-0.3, -0.25) is 4.79 Å². The zero-order valence-corrected chi connectivity index (χ0v) is 16.9. The van der Waals surface area contributed by atoms with Crippen LogP contribution in [0.1, 0.15) is 19.8 Å². The zero-order valence-electron chi connectivity index (χ0n) is 15.4. The molecule has 3 aliphatic rings. The van der Waals surface area contributed by atoms with Crippen molar-refractivity contribution in [2.75, 3.05) is 12.5 Å². The lowest BCUT2D eigenvalue weighted by Gasteiger charge is -2.35. The van der Waals surface area contributed by atoms with Crippen molar-refractivity contribution in [3.8, 4) is 0 Å². The minimum Gasteiger partial charge on any atom is -0.460 e. The van der Waals surface area contributed by atoms with Crippen molar-refractivity contribution < 1.29 is 34.4 Å². The third-order valence-electron chi connectivity index (χ3n) is 6.15. The number of hydrogen-bond acceptors (Lipinski definition) is 7. The quantitative estimate of drug-likeness (QED) is 0.260. The average molecular weight is 435 g/mol. The first kappa shape index (κ1) is 21.6. The first-order valence-corrected chi connectivity index (χ1v) is 9.93. The summed E-state index contributed by atoms with van der Waals surface area (Å²) in [5.41, 5.74) is -0.822. The molecule has 1 aliphatic heterocycles. The summed E-state index contributed by atoms with van der Waals surface area (Å²) in [6.07, 6.45) is -2.58. The maximum atomic E-state index is 12.4. The molecule has 0 amide bonds. The van der Waals surface area contributed by atoms with Gasteiger partial charge in [0.2, 0.25) is 0 Å². The Morgan fingerprint density at radius 2 is 2.07 bits per heavy atom. The first-order valence-electron chi connectivity index (χ1n) is 9.01. The van der Waals surface area contributed by atoms with Gasteiger partial charge in [-0.05, 0) is 6.92 Å². The Kier molecular flexibility index (Phi) is 5.62. The summed E-state index contributed by atoms with van der Waals surface area (Å²) in [5.74, 6) is -3.74. The minimum atomic E-state index is -1.65. The maximum absolute atomic E-state index is 12.4. The molecule has 0 spiro atoms. The van der Waals surface area contributed by atoms with E-state index in [9.17, 15) is 24.9 Å². The molecule has 8 atom stereocenters. The fraction of sp³-hybridized carbons (Fsp3) is 0.684. The monoisotopic (exact) mass is 434 g/mol. The Bertz CT molecular complexity index is 721. The van der Waals surface area contributed by atoms with Gasteiger partial charge in [-0.15, -0.1) is 23.2 Å². The number of fused-ring (bicyclic) bond motifs is 3.